The van der Waals surface area contributed by atoms with Crippen LogP contribution in [0.3, 0.4) is 0 Å². The zero-order valence-corrected chi connectivity index (χ0v) is 18.3. The molecule has 0 heterocycles. The van der Waals surface area contributed by atoms with Crippen molar-refractivity contribution in [2.45, 2.75) is 58.2 Å². The van der Waals surface area contributed by atoms with E-state index < -0.39 is 5.60 Å². The number of rotatable bonds is 5. The number of aryl methyl sites for hydroxylation is 1. The van der Waals surface area contributed by atoms with Crippen LogP contribution in [0.15, 0.2) is 71.8 Å². The third-order valence-corrected chi connectivity index (χ3v) is 5.45. The highest BCUT2D eigenvalue weighted by atomic mass is 16.5. The van der Waals surface area contributed by atoms with Crippen LogP contribution in [0.25, 0.3) is 6.08 Å². The maximum absolute atomic E-state index is 11.4. The van der Waals surface area contributed by atoms with Crippen LogP contribution in [0.5, 0.6) is 0 Å². The van der Waals surface area contributed by atoms with Crippen LogP contribution in [0.4, 0.5) is 0 Å². The van der Waals surface area contributed by atoms with Crippen LogP contribution < -0.4 is 0 Å². The minimum atomic E-state index is -1.10. The molecule has 3 rings (SSSR count). The summed E-state index contributed by atoms with van der Waals surface area (Å²) < 4.78 is 6.09. The van der Waals surface area contributed by atoms with Gasteiger partial charge in [-0.1, -0.05) is 89.7 Å². The number of hydrogen-bond donors (Lipinski definition) is 1. The van der Waals surface area contributed by atoms with Crippen LogP contribution in [0.1, 0.15) is 62.3 Å². The molecule has 0 amide bonds. The van der Waals surface area contributed by atoms with Crippen LogP contribution >= 0.6 is 0 Å². The first-order valence-corrected chi connectivity index (χ1v) is 10.8. The van der Waals surface area contributed by atoms with Crippen molar-refractivity contribution in [2.24, 2.45) is 0 Å². The van der Waals surface area contributed by atoms with Gasteiger partial charge in [-0.2, -0.15) is 0 Å². The fraction of sp³-hybridized carbons (Fsp3) is 0.357. The summed E-state index contributed by atoms with van der Waals surface area (Å²) in [7, 11) is 0. The fourth-order valence-electron chi connectivity index (χ4n) is 3.61. The Balaban J connectivity index is 1.90. The van der Waals surface area contributed by atoms with E-state index in [4.69, 9.17) is 4.74 Å². The first kappa shape index (κ1) is 22.1. The Morgan fingerprint density at radius 2 is 1.83 bits per heavy atom. The third kappa shape index (κ3) is 6.20. The molecule has 30 heavy (non-hydrogen) atoms. The minimum absolute atomic E-state index is 0.370. The highest BCUT2D eigenvalue weighted by Crippen LogP contribution is 2.34. The molecule has 156 valence electrons. The highest BCUT2D eigenvalue weighted by molar-refractivity contribution is 5.57. The average molecular weight is 401 g/mol. The Morgan fingerprint density at radius 3 is 2.53 bits per heavy atom. The first-order valence-electron chi connectivity index (χ1n) is 10.8. The second-order valence-corrected chi connectivity index (χ2v) is 8.32. The SMILES string of the molecule is CC(C)=CCOC(C#CC1(O)CCCC/C1=C/c1ccccc1)c1ccc(C)cc1. The molecule has 1 aliphatic carbocycles. The zero-order chi connectivity index (χ0) is 21.4. The van der Waals surface area contributed by atoms with Crippen molar-refractivity contribution in [1.82, 2.24) is 0 Å². The van der Waals surface area contributed by atoms with E-state index in [9.17, 15) is 5.11 Å². The molecule has 1 saturated carbocycles. The average Bonchev–Trinajstić information content (AvgIpc) is 2.74. The summed E-state index contributed by atoms with van der Waals surface area (Å²) >= 11 is 0. The molecule has 0 saturated heterocycles. The molecule has 2 unspecified atom stereocenters. The maximum Gasteiger partial charge on any atom is 0.147 e. The monoisotopic (exact) mass is 400 g/mol. The topological polar surface area (TPSA) is 29.5 Å². The van der Waals surface area contributed by atoms with Gasteiger partial charge in [-0.15, -0.1) is 0 Å². The molecule has 0 radical (unpaired) electrons. The van der Waals surface area contributed by atoms with Crippen molar-refractivity contribution in [3.05, 3.63) is 88.5 Å². The number of ether oxygens (including phenoxy) is 1. The molecule has 2 heteroatoms. The lowest BCUT2D eigenvalue weighted by molar-refractivity contribution is 0.104. The van der Waals surface area contributed by atoms with Gasteiger partial charge in [0.05, 0.1) is 6.61 Å². The molecule has 2 aromatic rings. The normalized spacial score (nSPS) is 20.9. The first-order chi connectivity index (χ1) is 14.5. The van der Waals surface area contributed by atoms with Gasteiger partial charge in [-0.25, -0.2) is 0 Å². The smallest absolute Gasteiger partial charge is 0.147 e. The summed E-state index contributed by atoms with van der Waals surface area (Å²) in [4.78, 5) is 0. The van der Waals surface area contributed by atoms with E-state index in [0.717, 1.165) is 36.0 Å². The van der Waals surface area contributed by atoms with Gasteiger partial charge in [0.25, 0.3) is 0 Å². The van der Waals surface area contributed by atoms with Crippen LogP contribution in [0.2, 0.25) is 0 Å². The van der Waals surface area contributed by atoms with Crippen molar-refractivity contribution in [2.75, 3.05) is 6.61 Å². The Hall–Kier alpha value is -2.60. The van der Waals surface area contributed by atoms with E-state index in [0.29, 0.717) is 13.0 Å². The van der Waals surface area contributed by atoms with Gasteiger partial charge < -0.3 is 9.84 Å². The second-order valence-electron chi connectivity index (χ2n) is 8.32. The Kier molecular flexibility index (Phi) is 7.69. The van der Waals surface area contributed by atoms with Gasteiger partial charge in [0.2, 0.25) is 0 Å². The molecule has 0 aliphatic heterocycles. The van der Waals surface area contributed by atoms with Gasteiger partial charge in [-0.3, -0.25) is 0 Å². The molecule has 2 aromatic carbocycles. The minimum Gasteiger partial charge on any atom is -0.374 e. The van der Waals surface area contributed by atoms with Crippen LogP contribution in [-0.4, -0.2) is 17.3 Å². The molecule has 1 aliphatic rings. The van der Waals surface area contributed by atoms with Crippen molar-refractivity contribution in [3.63, 3.8) is 0 Å². The Morgan fingerprint density at radius 1 is 1.10 bits per heavy atom. The Bertz CT molecular complexity index is 938. The molecule has 2 nitrogen and oxygen atoms in total. The highest BCUT2D eigenvalue weighted by Gasteiger charge is 2.32. The molecular weight excluding hydrogens is 368 g/mol. The molecule has 1 fully saturated rings. The molecule has 0 bridgehead atoms. The fourth-order valence-corrected chi connectivity index (χ4v) is 3.61. The summed E-state index contributed by atoms with van der Waals surface area (Å²) in [6.07, 6.45) is 7.37. The standard InChI is InChI=1S/C28H32O2/c1-22(2)17-20-30-27(25-14-12-23(3)13-15-25)16-19-28(29)18-8-7-11-26(28)21-24-9-5-4-6-10-24/h4-6,9-10,12-15,17,21,27,29H,7-8,11,18,20H2,1-3H3/b26-21-. The quantitative estimate of drug-likeness (QED) is 0.464. The van der Waals surface area contributed by atoms with E-state index >= 15 is 0 Å². The van der Waals surface area contributed by atoms with E-state index in [-0.39, 0.29) is 6.10 Å². The Labute approximate surface area is 181 Å². The lowest BCUT2D eigenvalue weighted by atomic mass is 9.79. The van der Waals surface area contributed by atoms with Crippen LogP contribution in [-0.2, 0) is 4.74 Å². The number of aliphatic hydroxyl groups is 1. The number of hydrogen-bond acceptors (Lipinski definition) is 2. The van der Waals surface area contributed by atoms with Gasteiger partial charge in [0.1, 0.15) is 11.7 Å². The molecular formula is C28H32O2. The van der Waals surface area contributed by atoms with E-state index in [1.54, 1.807) is 0 Å². The zero-order valence-electron chi connectivity index (χ0n) is 18.3. The largest absolute Gasteiger partial charge is 0.374 e. The van der Waals surface area contributed by atoms with Crippen molar-refractivity contribution < 1.29 is 9.84 Å². The van der Waals surface area contributed by atoms with E-state index in [2.05, 4.69) is 81.2 Å². The molecule has 0 aromatic heterocycles. The summed E-state index contributed by atoms with van der Waals surface area (Å²) in [6, 6.07) is 18.4. The third-order valence-electron chi connectivity index (χ3n) is 5.45. The number of allylic oxidation sites excluding steroid dienone is 1. The van der Waals surface area contributed by atoms with Gasteiger partial charge in [0, 0.05) is 0 Å². The maximum atomic E-state index is 11.4. The van der Waals surface area contributed by atoms with Crippen molar-refractivity contribution >= 4 is 6.08 Å². The summed E-state index contributed by atoms with van der Waals surface area (Å²) in [5, 5.41) is 11.4. The van der Waals surface area contributed by atoms with Crippen LogP contribution in [0, 0.1) is 18.8 Å². The summed E-state index contributed by atoms with van der Waals surface area (Å²) in [5.41, 5.74) is 4.43. The van der Waals surface area contributed by atoms with Gasteiger partial charge in [-0.05, 0) is 63.2 Å². The molecule has 1 N–H and O–H groups in total. The van der Waals surface area contributed by atoms with Crippen molar-refractivity contribution in [1.29, 1.82) is 0 Å². The second kappa shape index (κ2) is 10.4. The predicted octanol–water partition coefficient (Wildman–Crippen LogP) is 6.41. The number of benzene rings is 2. The van der Waals surface area contributed by atoms with Gasteiger partial charge in [0.15, 0.2) is 0 Å². The molecule has 2 atom stereocenters. The lowest BCUT2D eigenvalue weighted by Gasteiger charge is -2.30. The predicted molar refractivity (Wildman–Crippen MR) is 125 cm³/mol. The van der Waals surface area contributed by atoms with E-state index in [1.807, 2.05) is 18.2 Å². The summed E-state index contributed by atoms with van der Waals surface area (Å²) in [5.74, 6) is 6.47. The lowest BCUT2D eigenvalue weighted by Crippen LogP contribution is -2.32. The molecule has 0 spiro atoms. The van der Waals surface area contributed by atoms with Gasteiger partial charge >= 0.3 is 0 Å². The van der Waals surface area contributed by atoms with E-state index in [1.165, 1.54) is 11.1 Å². The van der Waals surface area contributed by atoms with Crippen molar-refractivity contribution in [3.8, 4) is 11.8 Å². The summed E-state index contributed by atoms with van der Waals surface area (Å²) in [6.45, 7) is 6.68.